The van der Waals surface area contributed by atoms with Crippen LogP contribution in [0, 0.1) is 0 Å². The van der Waals surface area contributed by atoms with Crippen LogP contribution in [0.3, 0.4) is 0 Å². The molecule has 27 heavy (non-hydrogen) atoms. The number of hydrogen-bond donors (Lipinski definition) is 3. The molecule has 1 aromatic carbocycles. The predicted molar refractivity (Wildman–Crippen MR) is 102 cm³/mol. The van der Waals surface area contributed by atoms with Gasteiger partial charge in [0, 0.05) is 32.6 Å². The summed E-state index contributed by atoms with van der Waals surface area (Å²) >= 11 is 0. The van der Waals surface area contributed by atoms with Gasteiger partial charge in [0.1, 0.15) is 0 Å². The second kappa shape index (κ2) is 10.8. The van der Waals surface area contributed by atoms with Crippen LogP contribution >= 0.6 is 0 Å². The summed E-state index contributed by atoms with van der Waals surface area (Å²) in [6.45, 7) is 6.69. The molecule has 0 saturated carbocycles. The monoisotopic (exact) mass is 386 g/mol. The van der Waals surface area contributed by atoms with Crippen molar-refractivity contribution in [3.05, 3.63) is 35.4 Å². The molecule has 0 bridgehead atoms. The molecule has 8 heteroatoms. The van der Waals surface area contributed by atoms with E-state index in [0.29, 0.717) is 37.5 Å². The van der Waals surface area contributed by atoms with Crippen molar-refractivity contribution < 1.29 is 18.0 Å². The molecule has 0 fully saturated rings. The van der Waals surface area contributed by atoms with Crippen molar-refractivity contribution in [1.29, 1.82) is 0 Å². The van der Waals surface area contributed by atoms with Gasteiger partial charge < -0.3 is 16.0 Å². The highest BCUT2D eigenvalue weighted by Gasteiger charge is 2.30. The molecule has 5 nitrogen and oxygen atoms in total. The van der Waals surface area contributed by atoms with Gasteiger partial charge in [-0.2, -0.15) is 13.2 Å². The van der Waals surface area contributed by atoms with E-state index in [9.17, 15) is 18.0 Å². The first kappa shape index (κ1) is 22.8. The molecule has 0 heterocycles. The summed E-state index contributed by atoms with van der Waals surface area (Å²) in [5, 5.41) is 8.97. The van der Waals surface area contributed by atoms with Gasteiger partial charge in [-0.1, -0.05) is 25.1 Å². The van der Waals surface area contributed by atoms with Gasteiger partial charge in [0.25, 0.3) is 0 Å². The molecular formula is C19H29F3N4O. The van der Waals surface area contributed by atoms with Crippen molar-refractivity contribution in [3.63, 3.8) is 0 Å². The Morgan fingerprint density at radius 3 is 2.41 bits per heavy atom. The van der Waals surface area contributed by atoms with Crippen LogP contribution in [-0.4, -0.2) is 38.0 Å². The SMILES string of the molecule is CN=C(NCCC(=O)NC(C)C)NCCC(C)c1cccc(C(F)(F)F)c1. The number of aliphatic imine (C=N–C) groups is 1. The zero-order chi connectivity index (χ0) is 20.4. The van der Waals surface area contributed by atoms with Crippen molar-refractivity contribution in [2.24, 2.45) is 4.99 Å². The number of guanidine groups is 1. The van der Waals surface area contributed by atoms with Gasteiger partial charge in [-0.25, -0.2) is 0 Å². The molecule has 1 amide bonds. The van der Waals surface area contributed by atoms with Crippen LogP contribution in [0.5, 0.6) is 0 Å². The number of hydrogen-bond acceptors (Lipinski definition) is 2. The van der Waals surface area contributed by atoms with Crippen molar-refractivity contribution in [2.75, 3.05) is 20.1 Å². The minimum Gasteiger partial charge on any atom is -0.356 e. The lowest BCUT2D eigenvalue weighted by atomic mass is 9.96. The molecule has 0 spiro atoms. The highest BCUT2D eigenvalue weighted by molar-refractivity contribution is 5.81. The van der Waals surface area contributed by atoms with Crippen molar-refractivity contribution >= 4 is 11.9 Å². The van der Waals surface area contributed by atoms with Gasteiger partial charge in [-0.05, 0) is 37.8 Å². The molecule has 1 aromatic rings. The Morgan fingerprint density at radius 2 is 1.81 bits per heavy atom. The third-order valence-electron chi connectivity index (χ3n) is 3.97. The first-order valence-corrected chi connectivity index (χ1v) is 9.04. The summed E-state index contributed by atoms with van der Waals surface area (Å²) in [6, 6.07) is 5.53. The highest BCUT2D eigenvalue weighted by atomic mass is 19.4. The summed E-state index contributed by atoms with van der Waals surface area (Å²) in [6.07, 6.45) is -3.35. The molecule has 0 aliphatic rings. The number of rotatable bonds is 8. The van der Waals surface area contributed by atoms with Crippen LogP contribution in [0.25, 0.3) is 0 Å². The molecular weight excluding hydrogens is 357 g/mol. The fraction of sp³-hybridized carbons (Fsp3) is 0.579. The Hall–Kier alpha value is -2.25. The van der Waals surface area contributed by atoms with E-state index in [1.54, 1.807) is 13.1 Å². The van der Waals surface area contributed by atoms with Gasteiger partial charge in [0.05, 0.1) is 5.56 Å². The average Bonchev–Trinajstić information content (AvgIpc) is 2.59. The molecule has 1 rings (SSSR count). The van der Waals surface area contributed by atoms with E-state index in [0.717, 1.165) is 6.07 Å². The lowest BCUT2D eigenvalue weighted by Gasteiger charge is -2.16. The summed E-state index contributed by atoms with van der Waals surface area (Å²) in [7, 11) is 1.62. The molecule has 0 aliphatic carbocycles. The van der Waals surface area contributed by atoms with Gasteiger partial charge >= 0.3 is 6.18 Å². The third kappa shape index (κ3) is 8.79. The van der Waals surface area contributed by atoms with Gasteiger partial charge in [0.2, 0.25) is 5.91 Å². The second-order valence-corrected chi connectivity index (χ2v) is 6.71. The van der Waals surface area contributed by atoms with Crippen LogP contribution in [-0.2, 0) is 11.0 Å². The molecule has 152 valence electrons. The van der Waals surface area contributed by atoms with Gasteiger partial charge in [-0.3, -0.25) is 9.79 Å². The van der Waals surface area contributed by atoms with E-state index in [-0.39, 0.29) is 17.9 Å². The lowest BCUT2D eigenvalue weighted by Crippen LogP contribution is -2.40. The normalized spacial score (nSPS) is 13.4. The fourth-order valence-corrected chi connectivity index (χ4v) is 2.50. The topological polar surface area (TPSA) is 65.5 Å². The Balaban J connectivity index is 2.41. The van der Waals surface area contributed by atoms with E-state index < -0.39 is 11.7 Å². The van der Waals surface area contributed by atoms with Crippen molar-refractivity contribution in [1.82, 2.24) is 16.0 Å². The largest absolute Gasteiger partial charge is 0.416 e. The van der Waals surface area contributed by atoms with Crippen molar-refractivity contribution in [2.45, 2.75) is 51.7 Å². The Labute approximate surface area is 158 Å². The Morgan fingerprint density at radius 1 is 1.15 bits per heavy atom. The molecule has 1 atom stereocenters. The summed E-state index contributed by atoms with van der Waals surface area (Å²) in [5.74, 6) is 0.490. The maximum Gasteiger partial charge on any atom is 0.416 e. The summed E-state index contributed by atoms with van der Waals surface area (Å²) < 4.78 is 38.4. The maximum absolute atomic E-state index is 12.8. The number of alkyl halides is 3. The minimum absolute atomic E-state index is 0.0327. The number of benzene rings is 1. The summed E-state index contributed by atoms with van der Waals surface area (Å²) in [5.41, 5.74) is 0.0249. The number of halogens is 3. The van der Waals surface area contributed by atoms with Crippen LogP contribution in [0.15, 0.2) is 29.3 Å². The fourth-order valence-electron chi connectivity index (χ4n) is 2.50. The zero-order valence-electron chi connectivity index (χ0n) is 16.3. The van der Waals surface area contributed by atoms with E-state index in [4.69, 9.17) is 0 Å². The molecule has 0 aliphatic heterocycles. The van der Waals surface area contributed by atoms with Gasteiger partial charge in [-0.15, -0.1) is 0 Å². The predicted octanol–water partition coefficient (Wildman–Crippen LogP) is 3.28. The number of carbonyl (C=O) groups is 1. The van der Waals surface area contributed by atoms with E-state index in [1.165, 1.54) is 12.1 Å². The van der Waals surface area contributed by atoms with Gasteiger partial charge in [0.15, 0.2) is 5.96 Å². The van der Waals surface area contributed by atoms with E-state index >= 15 is 0 Å². The minimum atomic E-state index is -4.33. The first-order chi connectivity index (χ1) is 12.6. The summed E-state index contributed by atoms with van der Waals surface area (Å²) in [4.78, 5) is 15.7. The van der Waals surface area contributed by atoms with Crippen molar-refractivity contribution in [3.8, 4) is 0 Å². The quantitative estimate of drug-likeness (QED) is 0.475. The van der Waals surface area contributed by atoms with Crippen LogP contribution < -0.4 is 16.0 Å². The third-order valence-corrected chi connectivity index (χ3v) is 3.97. The lowest BCUT2D eigenvalue weighted by molar-refractivity contribution is -0.137. The first-order valence-electron chi connectivity index (χ1n) is 9.04. The number of amides is 1. The smallest absolute Gasteiger partial charge is 0.356 e. The number of nitrogens with one attached hydrogen (secondary N) is 3. The second-order valence-electron chi connectivity index (χ2n) is 6.71. The van der Waals surface area contributed by atoms with Crippen LogP contribution in [0.1, 0.15) is 50.7 Å². The average molecular weight is 386 g/mol. The highest BCUT2D eigenvalue weighted by Crippen LogP contribution is 2.31. The molecule has 0 aromatic heterocycles. The number of carbonyl (C=O) groups excluding carboxylic acids is 1. The zero-order valence-corrected chi connectivity index (χ0v) is 16.3. The number of nitrogens with zero attached hydrogens (tertiary/aromatic N) is 1. The van der Waals surface area contributed by atoms with E-state index in [2.05, 4.69) is 20.9 Å². The van der Waals surface area contributed by atoms with E-state index in [1.807, 2.05) is 20.8 Å². The maximum atomic E-state index is 12.8. The Kier molecular flexibility index (Phi) is 9.11. The van der Waals surface area contributed by atoms with Crippen LogP contribution in [0.2, 0.25) is 0 Å². The standard InChI is InChI=1S/C19H29F3N4O/c1-13(2)26-17(27)9-11-25-18(23-4)24-10-8-14(3)15-6-5-7-16(12-15)19(20,21)22/h5-7,12-14H,8-11H2,1-4H3,(H,26,27)(H2,23,24,25). The molecule has 3 N–H and O–H groups in total. The molecule has 0 radical (unpaired) electrons. The Bertz CT molecular complexity index is 630. The van der Waals surface area contributed by atoms with Crippen LogP contribution in [0.4, 0.5) is 13.2 Å². The molecule has 0 saturated heterocycles. The molecule has 1 unspecified atom stereocenters.